The van der Waals surface area contributed by atoms with E-state index in [1.807, 2.05) is 78.9 Å². The number of hydrogen-bond donors (Lipinski definition) is 3. The van der Waals surface area contributed by atoms with Crippen LogP contribution in [-0.2, 0) is 0 Å². The SMILES string of the molecule is N=C(c1ccccc1)c1cccc(-c2ccccc2)c1.N=Cc1cccc2sc3c(O)cc(-c4ccc5c6ccccc6c6ccccc6c5c4)cc3c12. The zero-order valence-electron chi connectivity index (χ0n) is 29.3. The Morgan fingerprint density at radius 2 is 0.981 bits per heavy atom. The van der Waals surface area contributed by atoms with Crippen molar-refractivity contribution >= 4 is 75.8 Å². The van der Waals surface area contributed by atoms with E-state index >= 15 is 0 Å². The van der Waals surface area contributed by atoms with Crippen LogP contribution in [0.2, 0.25) is 0 Å². The second-order valence-corrected chi connectivity index (χ2v) is 14.4. The van der Waals surface area contributed by atoms with E-state index in [9.17, 15) is 5.11 Å². The summed E-state index contributed by atoms with van der Waals surface area (Å²) in [6.07, 6.45) is 1.39. The van der Waals surface area contributed by atoms with Crippen molar-refractivity contribution in [2.45, 2.75) is 0 Å². The van der Waals surface area contributed by atoms with Gasteiger partial charge in [-0.05, 0) is 90.5 Å². The molecule has 4 heteroatoms. The molecule has 0 bridgehead atoms. The molecular formula is C50H34N2OS. The highest BCUT2D eigenvalue weighted by Crippen LogP contribution is 2.44. The van der Waals surface area contributed by atoms with Crippen LogP contribution in [0.1, 0.15) is 16.7 Å². The van der Waals surface area contributed by atoms with E-state index in [0.717, 1.165) is 53.6 Å². The molecule has 0 saturated heterocycles. The molecule has 54 heavy (non-hydrogen) atoms. The number of phenolic OH excluding ortho intramolecular Hbond substituents is 1. The standard InChI is InChI=1S/C31H19NOS.C19H15N/c32-17-19-6-5-11-29-30(19)27-15-20(16-28(33)31(27)34-29)18-12-13-25-23-9-2-1-7-21(23)22-8-3-4-10-24(22)26(25)14-18;20-19(16-10-5-2-6-11-16)18-13-7-12-17(14-18)15-8-3-1-4-9-15/h1-17,32-33H;1-14,20H. The molecule has 256 valence electrons. The van der Waals surface area contributed by atoms with Gasteiger partial charge in [0.2, 0.25) is 0 Å². The van der Waals surface area contributed by atoms with Crippen LogP contribution in [0, 0.1) is 10.8 Å². The summed E-state index contributed by atoms with van der Waals surface area (Å²) in [7, 11) is 0. The van der Waals surface area contributed by atoms with E-state index in [4.69, 9.17) is 10.8 Å². The number of benzene rings is 9. The number of hydrogen-bond acceptors (Lipinski definition) is 4. The van der Waals surface area contributed by atoms with Gasteiger partial charge in [-0.15, -0.1) is 11.3 Å². The van der Waals surface area contributed by atoms with Crippen molar-refractivity contribution in [2.75, 3.05) is 0 Å². The third-order valence-corrected chi connectivity index (χ3v) is 11.4. The summed E-state index contributed by atoms with van der Waals surface area (Å²) in [5, 5.41) is 36.6. The van der Waals surface area contributed by atoms with Gasteiger partial charge in [0, 0.05) is 32.8 Å². The maximum atomic E-state index is 11.0. The number of nitrogens with one attached hydrogen (secondary N) is 2. The first-order valence-electron chi connectivity index (χ1n) is 17.9. The smallest absolute Gasteiger partial charge is 0.134 e. The van der Waals surface area contributed by atoms with Gasteiger partial charge in [-0.25, -0.2) is 0 Å². The van der Waals surface area contributed by atoms with E-state index in [1.165, 1.54) is 44.1 Å². The fourth-order valence-corrected chi connectivity index (χ4v) is 8.70. The highest BCUT2D eigenvalue weighted by Gasteiger charge is 2.15. The van der Waals surface area contributed by atoms with Crippen LogP contribution < -0.4 is 0 Å². The molecule has 0 saturated carbocycles. The Labute approximate surface area is 317 Å². The lowest BCUT2D eigenvalue weighted by atomic mass is 9.91. The van der Waals surface area contributed by atoms with E-state index in [2.05, 4.69) is 103 Å². The summed E-state index contributed by atoms with van der Waals surface area (Å²) in [5.74, 6) is 0.285. The normalized spacial score (nSPS) is 11.2. The predicted molar refractivity (Wildman–Crippen MR) is 231 cm³/mol. The Balaban J connectivity index is 0.000000164. The molecule has 1 heterocycles. The van der Waals surface area contributed by atoms with Crippen molar-refractivity contribution in [2.24, 2.45) is 0 Å². The molecule has 0 unspecified atom stereocenters. The van der Waals surface area contributed by atoms with Crippen LogP contribution in [0.3, 0.4) is 0 Å². The van der Waals surface area contributed by atoms with Gasteiger partial charge < -0.3 is 10.5 Å². The lowest BCUT2D eigenvalue weighted by Gasteiger charge is -2.12. The zero-order chi connectivity index (χ0) is 36.6. The molecule has 3 nitrogen and oxygen atoms in total. The number of aromatic hydroxyl groups is 1. The number of rotatable bonds is 5. The van der Waals surface area contributed by atoms with Gasteiger partial charge in [-0.1, -0.05) is 152 Å². The van der Waals surface area contributed by atoms with Gasteiger partial charge in [0.15, 0.2) is 0 Å². The lowest BCUT2D eigenvalue weighted by Crippen LogP contribution is -2.00. The Bertz CT molecular complexity index is 3000. The van der Waals surface area contributed by atoms with Gasteiger partial charge >= 0.3 is 0 Å². The summed E-state index contributed by atoms with van der Waals surface area (Å²) in [6, 6.07) is 62.0. The molecule has 1 aromatic heterocycles. The Morgan fingerprint density at radius 1 is 0.444 bits per heavy atom. The van der Waals surface area contributed by atoms with Gasteiger partial charge in [0.25, 0.3) is 0 Å². The summed E-state index contributed by atoms with van der Waals surface area (Å²) in [4.78, 5) is 0. The van der Waals surface area contributed by atoms with Crippen molar-refractivity contribution in [1.82, 2.24) is 0 Å². The molecule has 0 atom stereocenters. The molecule has 0 spiro atoms. The van der Waals surface area contributed by atoms with Crippen LogP contribution >= 0.6 is 11.3 Å². The quantitative estimate of drug-likeness (QED) is 0.121. The largest absolute Gasteiger partial charge is 0.506 e. The van der Waals surface area contributed by atoms with Crippen LogP contribution in [-0.4, -0.2) is 17.0 Å². The minimum absolute atomic E-state index is 0.285. The van der Waals surface area contributed by atoms with Crippen LogP contribution in [0.25, 0.3) is 74.7 Å². The number of phenols is 1. The topological polar surface area (TPSA) is 67.9 Å². The molecule has 0 aliphatic carbocycles. The molecule has 0 fully saturated rings. The summed E-state index contributed by atoms with van der Waals surface area (Å²) in [6.45, 7) is 0. The average molecular weight is 711 g/mol. The lowest BCUT2D eigenvalue weighted by molar-refractivity contribution is 0.483. The molecule has 10 rings (SSSR count). The molecule has 0 aliphatic rings. The minimum Gasteiger partial charge on any atom is -0.506 e. The second kappa shape index (κ2) is 13.9. The van der Waals surface area contributed by atoms with Crippen molar-refractivity contribution < 1.29 is 5.11 Å². The number of thiophene rings is 1. The molecule has 0 amide bonds. The van der Waals surface area contributed by atoms with Gasteiger partial charge in [-0.2, -0.15) is 0 Å². The summed E-state index contributed by atoms with van der Waals surface area (Å²) >= 11 is 1.57. The molecule has 9 aromatic carbocycles. The van der Waals surface area contributed by atoms with Crippen LogP contribution in [0.4, 0.5) is 0 Å². The number of fused-ring (bicyclic) bond motifs is 9. The fourth-order valence-electron chi connectivity index (χ4n) is 7.57. The van der Waals surface area contributed by atoms with Crippen molar-refractivity contribution in [3.05, 3.63) is 199 Å². The third-order valence-electron chi connectivity index (χ3n) is 10.2. The maximum Gasteiger partial charge on any atom is 0.134 e. The van der Waals surface area contributed by atoms with Gasteiger partial charge in [-0.3, -0.25) is 5.41 Å². The van der Waals surface area contributed by atoms with Gasteiger partial charge in [0.1, 0.15) is 5.75 Å². The highest BCUT2D eigenvalue weighted by atomic mass is 32.1. The first-order chi connectivity index (χ1) is 26.6. The minimum atomic E-state index is 0.285. The van der Waals surface area contributed by atoms with Gasteiger partial charge in [0.05, 0.1) is 10.4 Å². The molecule has 0 aliphatic heterocycles. The summed E-state index contributed by atoms with van der Waals surface area (Å²) in [5.41, 5.74) is 7.68. The molecule has 10 aromatic rings. The first kappa shape index (κ1) is 33.0. The fraction of sp³-hybridized carbons (Fsp3) is 0. The highest BCUT2D eigenvalue weighted by molar-refractivity contribution is 7.26. The maximum absolute atomic E-state index is 11.0. The van der Waals surface area contributed by atoms with Crippen molar-refractivity contribution in [3.8, 4) is 28.0 Å². The van der Waals surface area contributed by atoms with Crippen LogP contribution in [0.15, 0.2) is 182 Å². The predicted octanol–water partition coefficient (Wildman–Crippen LogP) is 13.7. The Hall–Kier alpha value is -6.88. The van der Waals surface area contributed by atoms with E-state index in [1.54, 1.807) is 11.3 Å². The Morgan fingerprint density at radius 3 is 1.67 bits per heavy atom. The van der Waals surface area contributed by atoms with Crippen molar-refractivity contribution in [3.63, 3.8) is 0 Å². The first-order valence-corrected chi connectivity index (χ1v) is 18.7. The van der Waals surface area contributed by atoms with E-state index < -0.39 is 0 Å². The molecule has 3 N–H and O–H groups in total. The second-order valence-electron chi connectivity index (χ2n) is 13.4. The van der Waals surface area contributed by atoms with Crippen molar-refractivity contribution in [1.29, 1.82) is 10.8 Å². The zero-order valence-corrected chi connectivity index (χ0v) is 30.1. The van der Waals surface area contributed by atoms with E-state index in [-0.39, 0.29) is 5.75 Å². The van der Waals surface area contributed by atoms with E-state index in [0.29, 0.717) is 5.71 Å². The summed E-state index contributed by atoms with van der Waals surface area (Å²) < 4.78 is 1.95. The molecule has 0 radical (unpaired) electrons. The monoisotopic (exact) mass is 710 g/mol. The third kappa shape index (κ3) is 5.89. The molecular weight excluding hydrogens is 677 g/mol. The van der Waals surface area contributed by atoms with Crippen LogP contribution in [0.5, 0.6) is 5.75 Å². The Kier molecular flexibility index (Phi) is 8.51. The average Bonchev–Trinajstić information content (AvgIpc) is 3.64.